The van der Waals surface area contributed by atoms with Crippen molar-refractivity contribution in [3.63, 3.8) is 0 Å². The molecule has 0 bridgehead atoms. The first-order valence-corrected chi connectivity index (χ1v) is 8.49. The second-order valence-electron chi connectivity index (χ2n) is 7.07. The number of aliphatic hydroxyl groups is 1. The standard InChI is InChI=1S/C19H19F3N4O/c1-12-7-14(26-9-18(27,10-26)19(20,21)22)4-5-15(12)24-13-3-6-17-16(8-13)23-11-25(17)2/h3-8,11,24,27H,9-10H2,1-2H3. The number of nitrogens with one attached hydrogen (secondary N) is 1. The van der Waals surface area contributed by atoms with Crippen LogP contribution in [0.1, 0.15) is 5.56 Å². The number of rotatable bonds is 3. The highest BCUT2D eigenvalue weighted by Crippen LogP contribution is 2.40. The van der Waals surface area contributed by atoms with E-state index in [0.29, 0.717) is 5.69 Å². The molecular formula is C19H19F3N4O. The van der Waals surface area contributed by atoms with Crippen LogP contribution in [0.4, 0.5) is 30.2 Å². The lowest BCUT2D eigenvalue weighted by atomic mass is 9.92. The number of hydrogen-bond donors (Lipinski definition) is 2. The van der Waals surface area contributed by atoms with Crippen molar-refractivity contribution in [1.29, 1.82) is 0 Å². The summed E-state index contributed by atoms with van der Waals surface area (Å²) in [4.78, 5) is 5.85. The molecule has 1 fully saturated rings. The molecule has 1 aliphatic rings. The average Bonchev–Trinajstić information content (AvgIpc) is 2.93. The lowest BCUT2D eigenvalue weighted by molar-refractivity contribution is -0.267. The van der Waals surface area contributed by atoms with Crippen molar-refractivity contribution in [3.8, 4) is 0 Å². The molecule has 2 N–H and O–H groups in total. The quantitative estimate of drug-likeness (QED) is 0.731. The van der Waals surface area contributed by atoms with E-state index in [9.17, 15) is 18.3 Å². The molecule has 0 amide bonds. The number of alkyl halides is 3. The van der Waals surface area contributed by atoms with Crippen molar-refractivity contribution < 1.29 is 18.3 Å². The zero-order valence-corrected chi connectivity index (χ0v) is 14.9. The van der Waals surface area contributed by atoms with Gasteiger partial charge in [0, 0.05) is 24.1 Å². The largest absolute Gasteiger partial charge is 0.420 e. The molecule has 8 heteroatoms. The van der Waals surface area contributed by atoms with Gasteiger partial charge in [-0.25, -0.2) is 4.98 Å². The molecule has 1 aromatic heterocycles. The van der Waals surface area contributed by atoms with E-state index in [0.717, 1.165) is 28.0 Å². The molecule has 2 aromatic carbocycles. The highest BCUT2D eigenvalue weighted by atomic mass is 19.4. The average molecular weight is 376 g/mol. The molecule has 0 spiro atoms. The molecule has 5 nitrogen and oxygen atoms in total. The fourth-order valence-corrected chi connectivity index (χ4v) is 3.30. The SMILES string of the molecule is Cc1cc(N2CC(O)(C(F)(F)F)C2)ccc1Nc1ccc2c(c1)ncn2C. The van der Waals surface area contributed by atoms with Crippen molar-refractivity contribution in [1.82, 2.24) is 9.55 Å². The van der Waals surface area contributed by atoms with Gasteiger partial charge in [0.15, 0.2) is 5.60 Å². The molecule has 4 rings (SSSR count). The van der Waals surface area contributed by atoms with Gasteiger partial charge in [0.1, 0.15) is 0 Å². The van der Waals surface area contributed by atoms with Crippen LogP contribution in [-0.4, -0.2) is 39.5 Å². The second-order valence-corrected chi connectivity index (χ2v) is 7.07. The van der Waals surface area contributed by atoms with Crippen LogP contribution in [0.2, 0.25) is 0 Å². The molecule has 27 heavy (non-hydrogen) atoms. The summed E-state index contributed by atoms with van der Waals surface area (Å²) >= 11 is 0. The third-order valence-electron chi connectivity index (χ3n) is 5.01. The summed E-state index contributed by atoms with van der Waals surface area (Å²) in [6.45, 7) is 0.999. The van der Waals surface area contributed by atoms with Crippen LogP contribution in [-0.2, 0) is 7.05 Å². The summed E-state index contributed by atoms with van der Waals surface area (Å²) in [5.74, 6) is 0. The summed E-state index contributed by atoms with van der Waals surface area (Å²) < 4.78 is 40.3. The predicted octanol–water partition coefficient (Wildman–Crippen LogP) is 3.74. The fourth-order valence-electron chi connectivity index (χ4n) is 3.30. The number of benzene rings is 2. The molecule has 3 aromatic rings. The fraction of sp³-hybridized carbons (Fsp3) is 0.316. The number of aryl methyl sites for hydroxylation is 2. The molecule has 1 aliphatic heterocycles. The van der Waals surface area contributed by atoms with Crippen LogP contribution in [0.25, 0.3) is 11.0 Å². The van der Waals surface area contributed by atoms with Crippen molar-refractivity contribution in [2.45, 2.75) is 18.7 Å². The Bertz CT molecular complexity index is 1010. The Hall–Kier alpha value is -2.74. The number of halogens is 3. The summed E-state index contributed by atoms with van der Waals surface area (Å²) in [6.07, 6.45) is -2.85. The van der Waals surface area contributed by atoms with E-state index in [1.165, 1.54) is 4.90 Å². The minimum atomic E-state index is -4.61. The number of fused-ring (bicyclic) bond motifs is 1. The van der Waals surface area contributed by atoms with Crippen molar-refractivity contribution in [2.24, 2.45) is 7.05 Å². The van der Waals surface area contributed by atoms with E-state index in [-0.39, 0.29) is 0 Å². The Morgan fingerprint density at radius 3 is 2.56 bits per heavy atom. The Kier molecular flexibility index (Phi) is 3.85. The van der Waals surface area contributed by atoms with Gasteiger partial charge in [0.2, 0.25) is 0 Å². The summed E-state index contributed by atoms with van der Waals surface area (Å²) in [5, 5.41) is 12.9. The number of anilines is 3. The monoisotopic (exact) mass is 376 g/mol. The Morgan fingerprint density at radius 2 is 1.89 bits per heavy atom. The topological polar surface area (TPSA) is 53.3 Å². The van der Waals surface area contributed by atoms with Crippen molar-refractivity contribution in [3.05, 3.63) is 48.3 Å². The number of aromatic nitrogens is 2. The Balaban J connectivity index is 1.50. The highest BCUT2D eigenvalue weighted by Gasteiger charge is 2.61. The second kappa shape index (κ2) is 5.88. The summed E-state index contributed by atoms with van der Waals surface area (Å²) in [6, 6.07) is 11.3. The van der Waals surface area contributed by atoms with Crippen molar-refractivity contribution >= 4 is 28.1 Å². The van der Waals surface area contributed by atoms with E-state index in [4.69, 9.17) is 0 Å². The predicted molar refractivity (Wildman–Crippen MR) is 98.4 cm³/mol. The maximum atomic E-state index is 12.8. The Labute approximate surface area is 154 Å². The molecule has 0 radical (unpaired) electrons. The highest BCUT2D eigenvalue weighted by molar-refractivity contribution is 5.81. The van der Waals surface area contributed by atoms with Crippen LogP contribution in [0.15, 0.2) is 42.7 Å². The van der Waals surface area contributed by atoms with Gasteiger partial charge in [-0.2, -0.15) is 13.2 Å². The summed E-state index contributed by atoms with van der Waals surface area (Å²) in [7, 11) is 1.93. The number of β-amino-alcohol motifs (C(OH)–C–C–N with tert-alkyl or cyclic N) is 1. The van der Waals surface area contributed by atoms with Crippen LogP contribution in [0, 0.1) is 6.92 Å². The minimum Gasteiger partial charge on any atom is -0.378 e. The van der Waals surface area contributed by atoms with Crippen molar-refractivity contribution in [2.75, 3.05) is 23.3 Å². The first-order valence-electron chi connectivity index (χ1n) is 8.49. The minimum absolute atomic E-state index is 0.445. The molecule has 0 aliphatic carbocycles. The number of imidazole rings is 1. The molecule has 0 unspecified atom stereocenters. The maximum absolute atomic E-state index is 12.8. The first-order chi connectivity index (χ1) is 12.7. The lowest BCUT2D eigenvalue weighted by Crippen LogP contribution is -2.69. The van der Waals surface area contributed by atoms with E-state index in [2.05, 4.69) is 10.3 Å². The molecular weight excluding hydrogens is 357 g/mol. The van der Waals surface area contributed by atoms with E-state index in [1.807, 2.05) is 48.9 Å². The zero-order valence-electron chi connectivity index (χ0n) is 14.9. The van der Waals surface area contributed by atoms with Gasteiger partial charge in [0.05, 0.1) is 30.5 Å². The summed E-state index contributed by atoms with van der Waals surface area (Å²) in [5.41, 5.74) is 2.60. The first kappa shape index (κ1) is 17.7. The number of nitrogens with zero attached hydrogens (tertiary/aromatic N) is 3. The van der Waals surface area contributed by atoms with Gasteiger partial charge in [-0.3, -0.25) is 0 Å². The Morgan fingerprint density at radius 1 is 1.15 bits per heavy atom. The third-order valence-corrected chi connectivity index (χ3v) is 5.01. The van der Waals surface area contributed by atoms with Gasteiger partial charge < -0.3 is 19.9 Å². The van der Waals surface area contributed by atoms with E-state index >= 15 is 0 Å². The normalized spacial score (nSPS) is 16.4. The van der Waals surface area contributed by atoms with Crippen LogP contribution in [0.5, 0.6) is 0 Å². The van der Waals surface area contributed by atoms with Gasteiger partial charge in [0.25, 0.3) is 0 Å². The lowest BCUT2D eigenvalue weighted by Gasteiger charge is -2.48. The third kappa shape index (κ3) is 2.99. The van der Waals surface area contributed by atoms with Crippen LogP contribution in [0.3, 0.4) is 0 Å². The van der Waals surface area contributed by atoms with Gasteiger partial charge in [-0.05, 0) is 48.9 Å². The van der Waals surface area contributed by atoms with Gasteiger partial charge in [-0.15, -0.1) is 0 Å². The van der Waals surface area contributed by atoms with Gasteiger partial charge in [-0.1, -0.05) is 0 Å². The molecule has 142 valence electrons. The zero-order chi connectivity index (χ0) is 19.4. The van der Waals surface area contributed by atoms with E-state index in [1.54, 1.807) is 12.4 Å². The maximum Gasteiger partial charge on any atom is 0.420 e. The van der Waals surface area contributed by atoms with E-state index < -0.39 is 24.9 Å². The molecule has 0 atom stereocenters. The smallest absolute Gasteiger partial charge is 0.378 e. The van der Waals surface area contributed by atoms with Gasteiger partial charge >= 0.3 is 6.18 Å². The molecule has 1 saturated heterocycles. The molecule has 0 saturated carbocycles. The molecule has 2 heterocycles. The van der Waals surface area contributed by atoms with Crippen LogP contribution >= 0.6 is 0 Å². The van der Waals surface area contributed by atoms with Crippen LogP contribution < -0.4 is 10.2 Å². The number of hydrogen-bond acceptors (Lipinski definition) is 4.